The van der Waals surface area contributed by atoms with Crippen LogP contribution in [0, 0.1) is 5.92 Å². The second-order valence-electron chi connectivity index (χ2n) is 18.8. The van der Waals surface area contributed by atoms with Gasteiger partial charge < -0.3 is 10.1 Å². The van der Waals surface area contributed by atoms with Crippen LogP contribution in [0.4, 0.5) is 0 Å². The van der Waals surface area contributed by atoms with E-state index in [2.05, 4.69) is 193 Å². The number of hydrogen-bond acceptors (Lipinski definition) is 6. The summed E-state index contributed by atoms with van der Waals surface area (Å²) in [5, 5.41) is 9.18. The molecule has 3 aliphatic heterocycles. The number of thiophene rings is 1. The Labute approximate surface area is 394 Å². The van der Waals surface area contributed by atoms with Crippen molar-refractivity contribution in [3.63, 3.8) is 0 Å². The zero-order valence-electron chi connectivity index (χ0n) is 36.4. The minimum atomic E-state index is -0.170. The predicted molar refractivity (Wildman–Crippen MR) is 273 cm³/mol. The number of nitrogens with one attached hydrogen (secondary N) is 2. The van der Waals surface area contributed by atoms with Crippen molar-refractivity contribution in [1.29, 1.82) is 0 Å². The van der Waals surface area contributed by atoms with Gasteiger partial charge in [0, 0.05) is 47.4 Å². The van der Waals surface area contributed by atoms with Crippen molar-refractivity contribution in [3.05, 3.63) is 236 Å². The van der Waals surface area contributed by atoms with E-state index >= 15 is 0 Å². The molecule has 4 heterocycles. The molecule has 1 fully saturated rings. The highest BCUT2D eigenvalue weighted by atomic mass is 32.2. The normalized spacial score (nSPS) is 25.0. The smallest absolute Gasteiger partial charge is 0.132 e. The summed E-state index contributed by atoms with van der Waals surface area (Å²) in [4.78, 5) is 9.65. The Balaban J connectivity index is 0.838. The number of allylic oxidation sites excluding steroid dienone is 7. The number of rotatable bonds is 8. The van der Waals surface area contributed by atoms with Gasteiger partial charge in [-0.3, -0.25) is 5.32 Å². The molecule has 6 unspecified atom stereocenters. The van der Waals surface area contributed by atoms with E-state index < -0.39 is 0 Å². The van der Waals surface area contributed by atoms with Gasteiger partial charge in [0.25, 0.3) is 0 Å². The van der Waals surface area contributed by atoms with Crippen LogP contribution in [0.15, 0.2) is 202 Å². The lowest BCUT2D eigenvalue weighted by atomic mass is 9.79. The zero-order valence-corrected chi connectivity index (χ0v) is 38.0. The van der Waals surface area contributed by atoms with Gasteiger partial charge in [0.2, 0.25) is 0 Å². The van der Waals surface area contributed by atoms with Crippen molar-refractivity contribution < 1.29 is 4.74 Å². The van der Waals surface area contributed by atoms with E-state index in [0.29, 0.717) is 5.92 Å². The molecule has 2 N–H and O–H groups in total. The van der Waals surface area contributed by atoms with Crippen LogP contribution in [-0.4, -0.2) is 18.1 Å². The Kier molecular flexibility index (Phi) is 9.00. The third-order valence-electron chi connectivity index (χ3n) is 15.1. The summed E-state index contributed by atoms with van der Waals surface area (Å²) in [5.41, 5.74) is 15.7. The van der Waals surface area contributed by atoms with Gasteiger partial charge in [-0.25, -0.2) is 4.99 Å². The van der Waals surface area contributed by atoms with Gasteiger partial charge in [-0.2, -0.15) is 0 Å². The highest BCUT2D eigenvalue weighted by Crippen LogP contribution is 2.73. The van der Waals surface area contributed by atoms with Gasteiger partial charge in [0.15, 0.2) is 0 Å². The van der Waals surface area contributed by atoms with E-state index in [4.69, 9.17) is 9.73 Å². The number of amidine groups is 1. The number of benzene rings is 6. The van der Waals surface area contributed by atoms with E-state index in [-0.39, 0.29) is 29.8 Å². The number of fused-ring (bicyclic) bond motifs is 7. The van der Waals surface area contributed by atoms with Crippen molar-refractivity contribution in [3.8, 4) is 16.9 Å². The maximum absolute atomic E-state index is 7.27. The first-order chi connectivity index (χ1) is 32.7. The van der Waals surface area contributed by atoms with Crippen molar-refractivity contribution in [2.45, 2.75) is 66.8 Å². The average molecular weight is 890 g/mol. The van der Waals surface area contributed by atoms with Gasteiger partial charge in [-0.05, 0) is 124 Å². The standard InChI is InChI=1S/C60H47N3OS2/c1-3-14-36(15-4-1)39-19-11-20-40(32-39)59-62-53(61-58(63-59)38-16-5-2-6-17-38)31-28-37-18-12-25-50-54(37)48-34-41(43-22-13-23-45-44-21-7-9-26-51(44)65-56(43)45)33-47(55(48)64-50)46-30-29-42-35-60(42)49-24-8-10-27-52(49)66-57(46)60/h1-12,14-22,24-27,29-30,32-34,42,50,53-54,58,61H,13,23,28,31,35H2,(H,62,63). The Bertz CT molecular complexity index is 3340. The first-order valence-corrected chi connectivity index (χ1v) is 25.2. The number of ether oxygens (including phenoxy) is 1. The molecule has 6 atom stereocenters. The lowest BCUT2D eigenvalue weighted by molar-refractivity contribution is 0.261. The van der Waals surface area contributed by atoms with Crippen LogP contribution in [0.3, 0.4) is 0 Å². The van der Waals surface area contributed by atoms with E-state index in [1.54, 1.807) is 0 Å². The summed E-state index contributed by atoms with van der Waals surface area (Å²) < 4.78 is 8.65. The molecule has 0 bridgehead atoms. The van der Waals surface area contributed by atoms with Gasteiger partial charge in [0.05, 0.1) is 6.17 Å². The molecule has 6 heteroatoms. The first-order valence-electron chi connectivity index (χ1n) is 23.6. The molecule has 7 aliphatic rings. The highest BCUT2D eigenvalue weighted by molar-refractivity contribution is 8.03. The molecule has 1 aromatic heterocycles. The molecule has 320 valence electrons. The molecule has 0 saturated heterocycles. The summed E-state index contributed by atoms with van der Waals surface area (Å²) in [6.07, 6.45) is 19.2. The highest BCUT2D eigenvalue weighted by Gasteiger charge is 2.62. The summed E-state index contributed by atoms with van der Waals surface area (Å²) >= 11 is 3.96. The largest absolute Gasteiger partial charge is 0.484 e. The van der Waals surface area contributed by atoms with Crippen LogP contribution in [-0.2, 0) is 11.8 Å². The maximum atomic E-state index is 7.27. The quantitative estimate of drug-likeness (QED) is 0.160. The summed E-state index contributed by atoms with van der Waals surface area (Å²) in [6, 6.07) is 53.2. The van der Waals surface area contributed by atoms with Gasteiger partial charge in [-0.1, -0.05) is 163 Å². The topological polar surface area (TPSA) is 45.6 Å². The second-order valence-corrected chi connectivity index (χ2v) is 20.9. The second kappa shape index (κ2) is 15.3. The zero-order chi connectivity index (χ0) is 43.3. The average Bonchev–Trinajstić information content (AvgIpc) is 3.63. The Morgan fingerprint density at radius 2 is 1.59 bits per heavy atom. The molecule has 66 heavy (non-hydrogen) atoms. The fourth-order valence-corrected chi connectivity index (χ4v) is 14.7. The Morgan fingerprint density at radius 1 is 0.773 bits per heavy atom. The van der Waals surface area contributed by atoms with Crippen molar-refractivity contribution in [1.82, 2.24) is 10.6 Å². The van der Waals surface area contributed by atoms with Gasteiger partial charge in [0.1, 0.15) is 23.9 Å². The lowest BCUT2D eigenvalue weighted by Gasteiger charge is -2.33. The van der Waals surface area contributed by atoms with Crippen LogP contribution in [0.2, 0.25) is 0 Å². The molecule has 7 aromatic rings. The van der Waals surface area contributed by atoms with Crippen LogP contribution in [0.25, 0.3) is 32.4 Å². The molecular weight excluding hydrogens is 843 g/mol. The summed E-state index contributed by atoms with van der Waals surface area (Å²) in [7, 11) is 0. The number of hydrogen-bond donors (Lipinski definition) is 2. The SMILES string of the molecule is C1=CC2Oc3c(C4=C5Sc6ccccc6C56CC6C=C4)cc(C4=CCCc5c4sc4ccccc54)cc3C2C(CCC2NC(c3cccc(-c4ccccc4)c3)=NC(c3ccccc3)N2)=C1. The molecule has 0 amide bonds. The summed E-state index contributed by atoms with van der Waals surface area (Å²) in [5.74, 6) is 2.66. The number of nitrogens with zero attached hydrogens (tertiary/aromatic N) is 1. The van der Waals surface area contributed by atoms with E-state index in [0.717, 1.165) is 48.4 Å². The Hall–Kier alpha value is -6.44. The van der Waals surface area contributed by atoms with Gasteiger partial charge >= 0.3 is 0 Å². The fraction of sp³-hybridized carbons (Fsp3) is 0.183. The fourth-order valence-electron chi connectivity index (χ4n) is 11.9. The third-order valence-corrected chi connectivity index (χ3v) is 17.7. The molecule has 6 aromatic carbocycles. The van der Waals surface area contributed by atoms with Crippen molar-refractivity contribution >= 4 is 50.2 Å². The molecule has 4 aliphatic carbocycles. The van der Waals surface area contributed by atoms with Crippen LogP contribution < -0.4 is 15.4 Å². The first kappa shape index (κ1) is 38.8. The minimum absolute atomic E-state index is 0.00107. The molecule has 0 radical (unpaired) electrons. The molecule has 1 spiro atoms. The molecule has 4 nitrogen and oxygen atoms in total. The Morgan fingerprint density at radius 3 is 2.52 bits per heavy atom. The third kappa shape index (κ3) is 6.18. The maximum Gasteiger partial charge on any atom is 0.132 e. The molecule has 1 saturated carbocycles. The number of aryl methyl sites for hydroxylation is 1. The number of aliphatic imine (C=N–C) groups is 1. The van der Waals surface area contributed by atoms with E-state index in [9.17, 15) is 0 Å². The molecular formula is C60H47N3OS2. The summed E-state index contributed by atoms with van der Waals surface area (Å²) in [6.45, 7) is 0. The van der Waals surface area contributed by atoms with Crippen LogP contribution in [0.1, 0.15) is 81.6 Å². The lowest BCUT2D eigenvalue weighted by Crippen LogP contribution is -2.51. The van der Waals surface area contributed by atoms with E-state index in [1.165, 1.54) is 86.8 Å². The van der Waals surface area contributed by atoms with Crippen molar-refractivity contribution in [2.24, 2.45) is 10.9 Å². The monoisotopic (exact) mass is 889 g/mol. The van der Waals surface area contributed by atoms with Crippen molar-refractivity contribution in [2.75, 3.05) is 0 Å². The predicted octanol–water partition coefficient (Wildman–Crippen LogP) is 14.1. The molecule has 14 rings (SSSR count). The minimum Gasteiger partial charge on any atom is -0.484 e. The van der Waals surface area contributed by atoms with E-state index in [1.807, 2.05) is 23.1 Å². The van der Waals surface area contributed by atoms with Crippen LogP contribution >= 0.6 is 23.1 Å². The number of thioether (sulfide) groups is 1. The van der Waals surface area contributed by atoms with Crippen LogP contribution in [0.5, 0.6) is 5.75 Å². The van der Waals surface area contributed by atoms with Gasteiger partial charge in [-0.15, -0.1) is 11.3 Å².